The number of carbonyl (C=O) groups is 1. The number of carbonyl (C=O) groups excluding carboxylic acids is 1. The number of aryl methyl sites for hydroxylation is 1. The highest BCUT2D eigenvalue weighted by molar-refractivity contribution is 7.90. The second kappa shape index (κ2) is 7.06. The standard InChI is InChI=1S/C18H20ClNO4S/c1-12-5-10-15(25(4,22)23)11-16(12)20-17(21)18(2,3)24-14-8-6-13(19)7-9-14/h5-11H,1-4H3,(H,20,21). The molecule has 25 heavy (non-hydrogen) atoms. The van der Waals surface area contributed by atoms with Crippen LogP contribution in [0.5, 0.6) is 5.75 Å². The molecule has 0 fully saturated rings. The molecule has 0 radical (unpaired) electrons. The van der Waals surface area contributed by atoms with Crippen LogP contribution in [-0.2, 0) is 14.6 Å². The van der Waals surface area contributed by atoms with Crippen molar-refractivity contribution in [2.45, 2.75) is 31.3 Å². The normalized spacial score (nSPS) is 11.9. The number of amides is 1. The fourth-order valence-electron chi connectivity index (χ4n) is 2.08. The first-order valence-electron chi connectivity index (χ1n) is 7.56. The van der Waals surface area contributed by atoms with E-state index in [2.05, 4.69) is 5.32 Å². The lowest BCUT2D eigenvalue weighted by Gasteiger charge is -2.26. The van der Waals surface area contributed by atoms with Crippen molar-refractivity contribution >= 4 is 33.0 Å². The molecule has 0 aromatic heterocycles. The molecule has 0 atom stereocenters. The van der Waals surface area contributed by atoms with Crippen molar-refractivity contribution in [3.05, 3.63) is 53.1 Å². The van der Waals surface area contributed by atoms with E-state index in [0.717, 1.165) is 11.8 Å². The number of rotatable bonds is 5. The third kappa shape index (κ3) is 4.96. The van der Waals surface area contributed by atoms with E-state index >= 15 is 0 Å². The third-order valence-corrected chi connectivity index (χ3v) is 4.98. The Kier molecular flexibility index (Phi) is 5.44. The summed E-state index contributed by atoms with van der Waals surface area (Å²) in [6.07, 6.45) is 1.12. The van der Waals surface area contributed by atoms with E-state index in [0.29, 0.717) is 16.5 Å². The van der Waals surface area contributed by atoms with Crippen molar-refractivity contribution in [1.82, 2.24) is 0 Å². The Hall–Kier alpha value is -2.05. The van der Waals surface area contributed by atoms with Gasteiger partial charge < -0.3 is 10.1 Å². The Bertz CT molecular complexity index is 890. The Labute approximate surface area is 152 Å². The van der Waals surface area contributed by atoms with Gasteiger partial charge >= 0.3 is 0 Å². The van der Waals surface area contributed by atoms with Gasteiger partial charge in [0.2, 0.25) is 0 Å². The van der Waals surface area contributed by atoms with E-state index in [1.807, 2.05) is 0 Å². The fourth-order valence-corrected chi connectivity index (χ4v) is 2.86. The molecule has 2 rings (SSSR count). The van der Waals surface area contributed by atoms with Crippen LogP contribution < -0.4 is 10.1 Å². The van der Waals surface area contributed by atoms with E-state index in [1.54, 1.807) is 51.1 Å². The first kappa shape index (κ1) is 19.3. The van der Waals surface area contributed by atoms with Gasteiger partial charge in [-0.1, -0.05) is 17.7 Å². The van der Waals surface area contributed by atoms with Gasteiger partial charge in [-0.25, -0.2) is 8.42 Å². The van der Waals surface area contributed by atoms with Crippen LogP contribution >= 0.6 is 11.6 Å². The van der Waals surface area contributed by atoms with Gasteiger partial charge in [0, 0.05) is 17.0 Å². The van der Waals surface area contributed by atoms with E-state index in [9.17, 15) is 13.2 Å². The second-order valence-electron chi connectivity index (χ2n) is 6.27. The van der Waals surface area contributed by atoms with Gasteiger partial charge in [0.05, 0.1) is 4.90 Å². The van der Waals surface area contributed by atoms with E-state index in [4.69, 9.17) is 16.3 Å². The number of nitrogens with one attached hydrogen (secondary N) is 1. The van der Waals surface area contributed by atoms with Gasteiger partial charge in [0.25, 0.3) is 5.91 Å². The summed E-state index contributed by atoms with van der Waals surface area (Å²) >= 11 is 5.84. The lowest BCUT2D eigenvalue weighted by atomic mass is 10.1. The lowest BCUT2D eigenvalue weighted by molar-refractivity contribution is -0.128. The van der Waals surface area contributed by atoms with Crippen molar-refractivity contribution in [2.75, 3.05) is 11.6 Å². The number of benzene rings is 2. The Morgan fingerprint density at radius 2 is 1.72 bits per heavy atom. The summed E-state index contributed by atoms with van der Waals surface area (Å²) in [6.45, 7) is 5.05. The molecular weight excluding hydrogens is 362 g/mol. The first-order valence-corrected chi connectivity index (χ1v) is 9.83. The molecule has 0 saturated heterocycles. The van der Waals surface area contributed by atoms with Crippen LogP contribution in [0.4, 0.5) is 5.69 Å². The summed E-state index contributed by atoms with van der Waals surface area (Å²) in [5.74, 6) is 0.113. The van der Waals surface area contributed by atoms with Crippen molar-refractivity contribution < 1.29 is 17.9 Å². The molecule has 0 spiro atoms. The number of hydrogen-bond donors (Lipinski definition) is 1. The fraction of sp³-hybridized carbons (Fsp3) is 0.278. The highest BCUT2D eigenvalue weighted by Gasteiger charge is 2.30. The maximum atomic E-state index is 12.6. The summed E-state index contributed by atoms with van der Waals surface area (Å²) in [5.41, 5.74) is 0.0187. The van der Waals surface area contributed by atoms with Gasteiger partial charge in [-0.15, -0.1) is 0 Å². The maximum Gasteiger partial charge on any atom is 0.267 e. The van der Waals surface area contributed by atoms with Gasteiger partial charge in [0.15, 0.2) is 15.4 Å². The van der Waals surface area contributed by atoms with Crippen LogP contribution in [0.15, 0.2) is 47.4 Å². The van der Waals surface area contributed by atoms with E-state index in [-0.39, 0.29) is 4.90 Å². The van der Waals surface area contributed by atoms with Crippen LogP contribution in [0.25, 0.3) is 0 Å². The summed E-state index contributed by atoms with van der Waals surface area (Å²) in [5, 5.41) is 3.31. The Balaban J connectivity index is 2.21. The topological polar surface area (TPSA) is 72.5 Å². The monoisotopic (exact) mass is 381 g/mol. The third-order valence-electron chi connectivity index (χ3n) is 3.62. The average Bonchev–Trinajstić information content (AvgIpc) is 2.50. The quantitative estimate of drug-likeness (QED) is 0.853. The zero-order valence-electron chi connectivity index (χ0n) is 14.5. The van der Waals surface area contributed by atoms with Crippen molar-refractivity contribution in [2.24, 2.45) is 0 Å². The predicted molar refractivity (Wildman–Crippen MR) is 99.1 cm³/mol. The molecule has 2 aromatic carbocycles. The molecule has 1 N–H and O–H groups in total. The van der Waals surface area contributed by atoms with Crippen molar-refractivity contribution in [3.63, 3.8) is 0 Å². The number of hydrogen-bond acceptors (Lipinski definition) is 4. The molecule has 0 aliphatic rings. The molecule has 134 valence electrons. The molecular formula is C18H20ClNO4S. The largest absolute Gasteiger partial charge is 0.478 e. The van der Waals surface area contributed by atoms with E-state index < -0.39 is 21.3 Å². The van der Waals surface area contributed by atoms with Crippen molar-refractivity contribution in [1.29, 1.82) is 0 Å². The second-order valence-corrected chi connectivity index (χ2v) is 8.72. The highest BCUT2D eigenvalue weighted by atomic mass is 35.5. The number of sulfone groups is 1. The van der Waals surface area contributed by atoms with Crippen molar-refractivity contribution in [3.8, 4) is 5.75 Å². The van der Waals surface area contributed by atoms with E-state index in [1.165, 1.54) is 12.1 Å². The molecule has 2 aromatic rings. The summed E-state index contributed by atoms with van der Waals surface area (Å²) in [6, 6.07) is 11.3. The number of halogens is 1. The minimum atomic E-state index is -3.36. The van der Waals surface area contributed by atoms with Crippen LogP contribution in [0.2, 0.25) is 5.02 Å². The van der Waals surface area contributed by atoms with Crippen LogP contribution in [-0.4, -0.2) is 26.2 Å². The van der Waals surface area contributed by atoms with Crippen LogP contribution in [0.1, 0.15) is 19.4 Å². The Morgan fingerprint density at radius 3 is 2.28 bits per heavy atom. The molecule has 0 bridgehead atoms. The minimum Gasteiger partial charge on any atom is -0.478 e. The van der Waals surface area contributed by atoms with Gasteiger partial charge in [-0.05, 0) is 62.7 Å². The first-order chi connectivity index (χ1) is 11.5. The number of ether oxygens (including phenoxy) is 1. The molecule has 1 amide bonds. The Morgan fingerprint density at radius 1 is 1.12 bits per heavy atom. The molecule has 0 aliphatic heterocycles. The van der Waals surface area contributed by atoms with Gasteiger partial charge in [-0.3, -0.25) is 4.79 Å². The summed E-state index contributed by atoms with van der Waals surface area (Å²) in [7, 11) is -3.36. The van der Waals surface area contributed by atoms with Gasteiger partial charge in [0.1, 0.15) is 5.75 Å². The molecule has 0 aliphatic carbocycles. The molecule has 7 heteroatoms. The zero-order valence-corrected chi connectivity index (χ0v) is 16.0. The number of anilines is 1. The average molecular weight is 382 g/mol. The van der Waals surface area contributed by atoms with Crippen LogP contribution in [0.3, 0.4) is 0 Å². The minimum absolute atomic E-state index is 0.143. The SMILES string of the molecule is Cc1ccc(S(C)(=O)=O)cc1NC(=O)C(C)(C)Oc1ccc(Cl)cc1. The molecule has 0 heterocycles. The molecule has 5 nitrogen and oxygen atoms in total. The lowest BCUT2D eigenvalue weighted by Crippen LogP contribution is -2.42. The highest BCUT2D eigenvalue weighted by Crippen LogP contribution is 2.24. The molecule has 0 unspecified atom stereocenters. The summed E-state index contributed by atoms with van der Waals surface area (Å²) in [4.78, 5) is 12.8. The molecule has 0 saturated carbocycles. The van der Waals surface area contributed by atoms with Gasteiger partial charge in [-0.2, -0.15) is 0 Å². The summed E-state index contributed by atoms with van der Waals surface area (Å²) < 4.78 is 29.1. The van der Waals surface area contributed by atoms with Crippen LogP contribution in [0, 0.1) is 6.92 Å². The smallest absolute Gasteiger partial charge is 0.267 e. The maximum absolute atomic E-state index is 12.6. The predicted octanol–water partition coefficient (Wildman–Crippen LogP) is 3.85. The zero-order chi connectivity index (χ0) is 18.8.